The van der Waals surface area contributed by atoms with Crippen molar-refractivity contribution < 1.29 is 24.2 Å². The zero-order valence-corrected chi connectivity index (χ0v) is 29.9. The molecular formula is C40H54N4O5. The zero-order valence-electron chi connectivity index (χ0n) is 29.9. The summed E-state index contributed by atoms with van der Waals surface area (Å²) in [7, 11) is 0. The Morgan fingerprint density at radius 2 is 1.61 bits per heavy atom. The Hall–Kier alpha value is -3.95. The summed E-state index contributed by atoms with van der Waals surface area (Å²) < 4.78 is 6.97. The van der Waals surface area contributed by atoms with Gasteiger partial charge in [-0.05, 0) is 69.4 Å². The summed E-state index contributed by atoms with van der Waals surface area (Å²) in [5, 5.41) is 10.8. The summed E-state index contributed by atoms with van der Waals surface area (Å²) >= 11 is 0. The molecule has 9 nitrogen and oxygen atoms in total. The number of benzene rings is 2. The summed E-state index contributed by atoms with van der Waals surface area (Å²) in [6.07, 6.45) is 5.07. The molecule has 2 aromatic carbocycles. The lowest BCUT2D eigenvalue weighted by Crippen LogP contribution is -2.60. The van der Waals surface area contributed by atoms with Gasteiger partial charge >= 0.3 is 0 Å². The Morgan fingerprint density at radius 1 is 0.980 bits per heavy atom. The zero-order chi connectivity index (χ0) is 35.5. The van der Waals surface area contributed by atoms with E-state index in [1.54, 1.807) is 26.9 Å². The van der Waals surface area contributed by atoms with Gasteiger partial charge in [-0.25, -0.2) is 0 Å². The van der Waals surface area contributed by atoms with Gasteiger partial charge in [-0.15, -0.1) is 13.2 Å². The number of amides is 3. The predicted octanol–water partition coefficient (Wildman–Crippen LogP) is 5.44. The fourth-order valence-electron chi connectivity index (χ4n) is 8.61. The lowest BCUT2D eigenvalue weighted by Gasteiger charge is -2.41. The van der Waals surface area contributed by atoms with Gasteiger partial charge in [0.1, 0.15) is 11.6 Å². The Bertz CT molecular complexity index is 1510. The molecule has 49 heavy (non-hydrogen) atoms. The third-order valence-electron chi connectivity index (χ3n) is 11.3. The molecule has 0 aliphatic carbocycles. The predicted molar refractivity (Wildman–Crippen MR) is 194 cm³/mol. The summed E-state index contributed by atoms with van der Waals surface area (Å²) in [4.78, 5) is 52.0. The molecule has 3 fully saturated rings. The highest BCUT2D eigenvalue weighted by atomic mass is 16.5. The van der Waals surface area contributed by atoms with E-state index < -0.39 is 35.1 Å². The number of rotatable bonds is 16. The van der Waals surface area contributed by atoms with Crippen LogP contribution >= 0.6 is 0 Å². The number of aliphatic hydroxyl groups excluding tert-OH is 1. The van der Waals surface area contributed by atoms with Gasteiger partial charge in [-0.3, -0.25) is 14.4 Å². The van der Waals surface area contributed by atoms with E-state index in [0.717, 1.165) is 24.3 Å². The molecule has 1 N–H and O–H groups in total. The van der Waals surface area contributed by atoms with Crippen LogP contribution in [0.1, 0.15) is 59.4 Å². The maximum absolute atomic E-state index is 15.1. The SMILES string of the molecule is C=CCN(Cc1ccccc1)C(=O)[C@@H]1[C@H]2C(=O)N([C@@H](CO)[C@@H](C)CC)C(C(=O)N(CC=C)c3ccc(N(CC)CC)cc3)C23CC[C@@]1(C)O3. The van der Waals surface area contributed by atoms with Crippen LogP contribution < -0.4 is 9.80 Å². The smallest absolute Gasteiger partial charge is 0.253 e. The van der Waals surface area contributed by atoms with Crippen LogP contribution in [-0.2, 0) is 25.7 Å². The number of hydrogen-bond donors (Lipinski definition) is 1. The molecule has 3 heterocycles. The van der Waals surface area contributed by atoms with Crippen molar-refractivity contribution in [3.8, 4) is 0 Å². The normalized spacial score (nSPS) is 26.6. The average Bonchev–Trinajstić information content (AvgIpc) is 3.68. The second kappa shape index (κ2) is 14.9. The first-order valence-electron chi connectivity index (χ1n) is 17.9. The number of ether oxygens (including phenoxy) is 1. The third kappa shape index (κ3) is 6.32. The van der Waals surface area contributed by atoms with E-state index >= 15 is 4.79 Å². The Labute approximate surface area is 292 Å². The van der Waals surface area contributed by atoms with Crippen molar-refractivity contribution in [2.24, 2.45) is 17.8 Å². The maximum Gasteiger partial charge on any atom is 0.253 e. The highest BCUT2D eigenvalue weighted by Gasteiger charge is 2.79. The minimum Gasteiger partial charge on any atom is -0.394 e. The molecule has 0 aromatic heterocycles. The van der Waals surface area contributed by atoms with Crippen molar-refractivity contribution in [3.63, 3.8) is 0 Å². The molecule has 1 spiro atoms. The summed E-state index contributed by atoms with van der Waals surface area (Å²) in [6, 6.07) is 16.0. The highest BCUT2D eigenvalue weighted by Crippen LogP contribution is 2.64. The van der Waals surface area contributed by atoms with E-state index in [4.69, 9.17) is 4.74 Å². The highest BCUT2D eigenvalue weighted by molar-refractivity contribution is 6.05. The van der Waals surface area contributed by atoms with E-state index in [0.29, 0.717) is 38.0 Å². The van der Waals surface area contributed by atoms with Crippen LogP contribution in [0, 0.1) is 17.8 Å². The first kappa shape index (κ1) is 36.3. The minimum atomic E-state index is -1.22. The summed E-state index contributed by atoms with van der Waals surface area (Å²) in [5.74, 6) is -2.54. The van der Waals surface area contributed by atoms with Crippen molar-refractivity contribution in [2.75, 3.05) is 42.6 Å². The lowest BCUT2D eigenvalue weighted by atomic mass is 9.66. The van der Waals surface area contributed by atoms with Crippen LogP contribution in [0.15, 0.2) is 79.9 Å². The fraction of sp³-hybridized carbons (Fsp3) is 0.525. The van der Waals surface area contributed by atoms with Crippen LogP contribution in [0.5, 0.6) is 0 Å². The summed E-state index contributed by atoms with van der Waals surface area (Å²) in [5.41, 5.74) is 0.552. The molecule has 3 aliphatic heterocycles. The lowest BCUT2D eigenvalue weighted by molar-refractivity contribution is -0.153. The molecule has 3 saturated heterocycles. The van der Waals surface area contributed by atoms with Crippen molar-refractivity contribution >= 4 is 29.1 Å². The molecule has 264 valence electrons. The molecule has 5 rings (SSSR count). The van der Waals surface area contributed by atoms with E-state index in [2.05, 4.69) is 31.9 Å². The minimum absolute atomic E-state index is 0.0991. The van der Waals surface area contributed by atoms with Crippen molar-refractivity contribution in [3.05, 3.63) is 85.5 Å². The van der Waals surface area contributed by atoms with Gasteiger partial charge < -0.3 is 29.4 Å². The molecule has 3 amide bonds. The Balaban J connectivity index is 1.59. The van der Waals surface area contributed by atoms with Gasteiger partial charge in [0.25, 0.3) is 5.91 Å². The Morgan fingerprint density at radius 3 is 2.18 bits per heavy atom. The van der Waals surface area contributed by atoms with E-state index in [-0.39, 0.29) is 36.8 Å². The number of aliphatic hydroxyl groups is 1. The third-order valence-corrected chi connectivity index (χ3v) is 11.3. The van der Waals surface area contributed by atoms with E-state index in [1.165, 1.54) is 0 Å². The molecule has 0 saturated carbocycles. The van der Waals surface area contributed by atoms with Crippen LogP contribution in [-0.4, -0.2) is 88.7 Å². The standard InChI is InChI=1S/C40H54N4O5/c1-8-24-42(26-29-16-14-13-15-17-29)36(46)33-34-37(47)44(32(27-45)28(6)10-3)35(40(34)23-22-39(33,7)49-40)38(48)43(25-9-2)31-20-18-30(19-21-31)41(11-4)12-5/h8-9,13-21,28,32-35,45H,1-2,10-12,22-27H2,3-7H3/t28-,32-,33-,34-,35?,39+,40?/m0/s1. The number of fused-ring (bicyclic) bond motifs is 1. The topological polar surface area (TPSA) is 93.6 Å². The number of hydrogen-bond acceptors (Lipinski definition) is 6. The van der Waals surface area contributed by atoms with Gasteiger partial charge in [-0.1, -0.05) is 62.8 Å². The average molecular weight is 671 g/mol. The van der Waals surface area contributed by atoms with Gasteiger partial charge in [0.15, 0.2) is 0 Å². The van der Waals surface area contributed by atoms with Crippen LogP contribution in [0.3, 0.4) is 0 Å². The molecule has 9 heteroatoms. The molecule has 2 bridgehead atoms. The fourth-order valence-corrected chi connectivity index (χ4v) is 8.61. The van der Waals surface area contributed by atoms with E-state index in [1.807, 2.05) is 75.4 Å². The molecule has 7 atom stereocenters. The second-order valence-electron chi connectivity index (χ2n) is 14.0. The second-order valence-corrected chi connectivity index (χ2v) is 14.0. The van der Waals surface area contributed by atoms with Crippen molar-refractivity contribution in [1.29, 1.82) is 0 Å². The van der Waals surface area contributed by atoms with Gasteiger partial charge in [0, 0.05) is 44.1 Å². The first-order valence-corrected chi connectivity index (χ1v) is 17.9. The number of carbonyl (C=O) groups is 3. The maximum atomic E-state index is 15.1. The van der Waals surface area contributed by atoms with E-state index in [9.17, 15) is 14.7 Å². The molecule has 0 radical (unpaired) electrons. The monoisotopic (exact) mass is 670 g/mol. The first-order chi connectivity index (χ1) is 23.5. The molecule has 2 unspecified atom stereocenters. The molecule has 2 aromatic rings. The number of nitrogens with zero attached hydrogens (tertiary/aromatic N) is 4. The van der Waals surface area contributed by atoms with Gasteiger partial charge in [0.2, 0.25) is 11.8 Å². The largest absolute Gasteiger partial charge is 0.394 e. The number of anilines is 2. The summed E-state index contributed by atoms with van der Waals surface area (Å²) in [6.45, 7) is 20.3. The van der Waals surface area contributed by atoms with Crippen molar-refractivity contribution in [1.82, 2.24) is 9.80 Å². The van der Waals surface area contributed by atoms with Crippen LogP contribution in [0.4, 0.5) is 11.4 Å². The molecular weight excluding hydrogens is 616 g/mol. The Kier molecular flexibility index (Phi) is 11.0. The van der Waals surface area contributed by atoms with Crippen LogP contribution in [0.25, 0.3) is 0 Å². The molecule has 3 aliphatic rings. The van der Waals surface area contributed by atoms with Gasteiger partial charge in [0.05, 0.1) is 30.1 Å². The number of likely N-dealkylation sites (tertiary alicyclic amines) is 1. The van der Waals surface area contributed by atoms with Crippen molar-refractivity contribution in [2.45, 2.75) is 83.7 Å². The number of carbonyl (C=O) groups excluding carboxylic acids is 3. The van der Waals surface area contributed by atoms with Crippen LogP contribution in [0.2, 0.25) is 0 Å². The quantitative estimate of drug-likeness (QED) is 0.239. The van der Waals surface area contributed by atoms with Gasteiger partial charge in [-0.2, -0.15) is 0 Å².